The minimum absolute atomic E-state index is 0.632. The molecule has 1 aliphatic rings. The Morgan fingerprint density at radius 1 is 1.04 bits per heavy atom. The van der Waals surface area contributed by atoms with E-state index in [-0.39, 0.29) is 0 Å². The average molecular weight is 354 g/mol. The van der Waals surface area contributed by atoms with Crippen LogP contribution in [0, 0.1) is 0 Å². The van der Waals surface area contributed by atoms with Gasteiger partial charge in [0.1, 0.15) is 5.76 Å². The topological polar surface area (TPSA) is 58.0 Å². The van der Waals surface area contributed by atoms with Gasteiger partial charge in [0.25, 0.3) is 0 Å². The summed E-state index contributed by atoms with van der Waals surface area (Å²) in [6.07, 6.45) is 6.75. The largest absolute Gasteiger partial charge is 0.468 e. The molecule has 0 saturated carbocycles. The van der Waals surface area contributed by atoms with Gasteiger partial charge in [0.05, 0.1) is 19.4 Å². The molecule has 0 spiro atoms. The molecule has 0 atom stereocenters. The maximum Gasteiger partial charge on any atom is 0.191 e. The molecule has 0 unspecified atom stereocenters. The van der Waals surface area contributed by atoms with Crippen LogP contribution in [-0.4, -0.2) is 35.9 Å². The highest BCUT2D eigenvalue weighted by Gasteiger charge is 2.11. The molecule has 5 heteroatoms. The maximum absolute atomic E-state index is 6.26. The summed E-state index contributed by atoms with van der Waals surface area (Å²) in [6, 6.07) is 12.4. The van der Waals surface area contributed by atoms with Crippen LogP contribution < -0.4 is 5.73 Å². The van der Waals surface area contributed by atoms with Crippen LogP contribution in [0.1, 0.15) is 42.6 Å². The Kier molecular flexibility index (Phi) is 6.72. The van der Waals surface area contributed by atoms with Crippen LogP contribution >= 0.6 is 0 Å². The smallest absolute Gasteiger partial charge is 0.191 e. The first kappa shape index (κ1) is 18.5. The standard InChI is InChI=1S/C21H30N4O/c1-24(17-20-11-8-14-26-20)16-19-10-5-4-9-18(19)15-23-21(22)25-12-6-2-3-7-13-25/h4-5,8-11,14H,2-3,6-7,12-13,15-17H2,1H3,(H2,22,23). The average Bonchev–Trinajstić information content (AvgIpc) is 2.99. The fourth-order valence-corrected chi connectivity index (χ4v) is 3.45. The Balaban J connectivity index is 1.61. The number of hydrogen-bond donors (Lipinski definition) is 1. The number of benzene rings is 1. The Hall–Kier alpha value is -2.27. The lowest BCUT2D eigenvalue weighted by molar-refractivity contribution is 0.287. The van der Waals surface area contributed by atoms with Crippen molar-refractivity contribution in [3.05, 3.63) is 59.5 Å². The summed E-state index contributed by atoms with van der Waals surface area (Å²) in [5.74, 6) is 1.67. The van der Waals surface area contributed by atoms with E-state index in [1.807, 2.05) is 12.1 Å². The number of likely N-dealkylation sites (tertiary alicyclic amines) is 1. The molecule has 1 fully saturated rings. The van der Waals surface area contributed by atoms with Gasteiger partial charge in [-0.1, -0.05) is 37.1 Å². The molecule has 3 rings (SSSR count). The number of aliphatic imine (C=N–C) groups is 1. The number of nitrogens with two attached hydrogens (primary N) is 1. The number of furan rings is 1. The molecule has 5 nitrogen and oxygen atoms in total. The van der Waals surface area contributed by atoms with Crippen LogP contribution in [0.4, 0.5) is 0 Å². The van der Waals surface area contributed by atoms with Gasteiger partial charge in [0.15, 0.2) is 5.96 Å². The highest BCUT2D eigenvalue weighted by molar-refractivity contribution is 5.78. The fraction of sp³-hybridized carbons (Fsp3) is 0.476. The zero-order valence-corrected chi connectivity index (χ0v) is 15.7. The molecule has 2 aromatic rings. The van der Waals surface area contributed by atoms with E-state index in [2.05, 4.69) is 46.1 Å². The van der Waals surface area contributed by atoms with E-state index in [1.54, 1.807) is 6.26 Å². The summed E-state index contributed by atoms with van der Waals surface area (Å²) in [5.41, 5.74) is 8.78. The summed E-state index contributed by atoms with van der Waals surface area (Å²) in [5, 5.41) is 0. The molecule has 0 amide bonds. The highest BCUT2D eigenvalue weighted by Crippen LogP contribution is 2.15. The van der Waals surface area contributed by atoms with Crippen molar-refractivity contribution in [2.75, 3.05) is 20.1 Å². The lowest BCUT2D eigenvalue weighted by Gasteiger charge is -2.21. The Labute approximate surface area is 156 Å². The first-order valence-corrected chi connectivity index (χ1v) is 9.55. The van der Waals surface area contributed by atoms with Crippen molar-refractivity contribution >= 4 is 5.96 Å². The van der Waals surface area contributed by atoms with Crippen molar-refractivity contribution in [1.29, 1.82) is 0 Å². The summed E-state index contributed by atoms with van der Waals surface area (Å²) < 4.78 is 5.44. The molecule has 1 aromatic carbocycles. The second-order valence-corrected chi connectivity index (χ2v) is 7.10. The van der Waals surface area contributed by atoms with Crippen molar-refractivity contribution in [1.82, 2.24) is 9.80 Å². The molecule has 2 N–H and O–H groups in total. The Morgan fingerprint density at radius 2 is 1.77 bits per heavy atom. The molecule has 0 bridgehead atoms. The van der Waals surface area contributed by atoms with E-state index in [9.17, 15) is 0 Å². The normalized spacial score (nSPS) is 16.1. The van der Waals surface area contributed by atoms with Gasteiger partial charge in [-0.05, 0) is 43.1 Å². The third-order valence-electron chi connectivity index (χ3n) is 4.91. The van der Waals surface area contributed by atoms with Gasteiger partial charge in [-0.2, -0.15) is 0 Å². The summed E-state index contributed by atoms with van der Waals surface area (Å²) in [4.78, 5) is 9.17. The summed E-state index contributed by atoms with van der Waals surface area (Å²) in [6.45, 7) is 4.34. The van der Waals surface area contributed by atoms with Gasteiger partial charge < -0.3 is 15.1 Å². The Bertz CT molecular complexity index is 688. The van der Waals surface area contributed by atoms with Gasteiger partial charge in [-0.15, -0.1) is 0 Å². The molecule has 1 aromatic heterocycles. The Morgan fingerprint density at radius 3 is 2.46 bits per heavy atom. The van der Waals surface area contributed by atoms with Gasteiger partial charge >= 0.3 is 0 Å². The summed E-state index contributed by atoms with van der Waals surface area (Å²) in [7, 11) is 2.11. The monoisotopic (exact) mass is 354 g/mol. The zero-order chi connectivity index (χ0) is 18.2. The fourth-order valence-electron chi connectivity index (χ4n) is 3.45. The number of hydrogen-bond acceptors (Lipinski definition) is 3. The maximum atomic E-state index is 6.26. The van der Waals surface area contributed by atoms with Gasteiger partial charge in [0, 0.05) is 19.6 Å². The first-order chi connectivity index (χ1) is 12.7. The molecular weight excluding hydrogens is 324 g/mol. The number of guanidine groups is 1. The van der Waals surface area contributed by atoms with Gasteiger partial charge in [-0.25, -0.2) is 4.99 Å². The van der Waals surface area contributed by atoms with Crippen LogP contribution in [0.5, 0.6) is 0 Å². The summed E-state index contributed by atoms with van der Waals surface area (Å²) >= 11 is 0. The van der Waals surface area contributed by atoms with E-state index in [0.717, 1.165) is 31.9 Å². The van der Waals surface area contributed by atoms with E-state index in [0.29, 0.717) is 12.5 Å². The van der Waals surface area contributed by atoms with Crippen LogP contribution in [0.15, 0.2) is 52.1 Å². The SMILES string of the molecule is CN(Cc1ccco1)Cc1ccccc1CN=C(N)N1CCCCCC1. The number of nitrogens with zero attached hydrogens (tertiary/aromatic N) is 3. The molecule has 2 heterocycles. The molecule has 0 radical (unpaired) electrons. The molecular formula is C21H30N4O. The number of rotatable bonds is 6. The quantitative estimate of drug-likeness (QED) is 0.636. The predicted octanol–water partition coefficient (Wildman–Crippen LogP) is 3.60. The van der Waals surface area contributed by atoms with Crippen molar-refractivity contribution < 1.29 is 4.42 Å². The highest BCUT2D eigenvalue weighted by atomic mass is 16.3. The molecule has 1 saturated heterocycles. The third kappa shape index (κ3) is 5.36. The molecule has 26 heavy (non-hydrogen) atoms. The van der Waals surface area contributed by atoms with Crippen LogP contribution in [0.3, 0.4) is 0 Å². The van der Waals surface area contributed by atoms with E-state index in [4.69, 9.17) is 10.2 Å². The van der Waals surface area contributed by atoms with Crippen LogP contribution in [-0.2, 0) is 19.6 Å². The van der Waals surface area contributed by atoms with E-state index in [1.165, 1.54) is 36.8 Å². The van der Waals surface area contributed by atoms with Crippen molar-refractivity contribution in [2.45, 2.75) is 45.3 Å². The predicted molar refractivity (Wildman–Crippen MR) is 106 cm³/mol. The minimum Gasteiger partial charge on any atom is -0.468 e. The third-order valence-corrected chi connectivity index (χ3v) is 4.91. The van der Waals surface area contributed by atoms with Gasteiger partial charge in [0.2, 0.25) is 0 Å². The second kappa shape index (κ2) is 9.43. The van der Waals surface area contributed by atoms with Gasteiger partial charge in [-0.3, -0.25) is 4.90 Å². The molecule has 0 aliphatic carbocycles. The minimum atomic E-state index is 0.632. The zero-order valence-electron chi connectivity index (χ0n) is 15.7. The van der Waals surface area contributed by atoms with E-state index >= 15 is 0 Å². The van der Waals surface area contributed by atoms with E-state index < -0.39 is 0 Å². The molecule has 1 aliphatic heterocycles. The van der Waals surface area contributed by atoms with Crippen LogP contribution in [0.25, 0.3) is 0 Å². The van der Waals surface area contributed by atoms with Crippen molar-refractivity contribution in [2.24, 2.45) is 10.7 Å². The van der Waals surface area contributed by atoms with Crippen molar-refractivity contribution in [3.8, 4) is 0 Å². The lowest BCUT2D eigenvalue weighted by Crippen LogP contribution is -2.38. The first-order valence-electron chi connectivity index (χ1n) is 9.55. The van der Waals surface area contributed by atoms with Crippen LogP contribution in [0.2, 0.25) is 0 Å². The lowest BCUT2D eigenvalue weighted by atomic mass is 10.1. The molecule has 140 valence electrons. The second-order valence-electron chi connectivity index (χ2n) is 7.10. The van der Waals surface area contributed by atoms with Crippen molar-refractivity contribution in [3.63, 3.8) is 0 Å².